The molecule has 0 radical (unpaired) electrons. The summed E-state index contributed by atoms with van der Waals surface area (Å²) < 4.78 is 0. The van der Waals surface area contributed by atoms with Crippen molar-refractivity contribution in [2.75, 3.05) is 31.6 Å². The molecule has 0 saturated heterocycles. The van der Waals surface area contributed by atoms with E-state index < -0.39 is 0 Å². The molecule has 1 aromatic rings. The number of likely N-dealkylation sites (N-methyl/N-ethyl adjacent to an activating group) is 1. The Hall–Kier alpha value is -1.09. The highest BCUT2D eigenvalue weighted by molar-refractivity contribution is 5.43. The molecule has 0 unspecified atom stereocenters. The van der Waals surface area contributed by atoms with Crippen molar-refractivity contribution in [3.05, 3.63) is 24.5 Å². The van der Waals surface area contributed by atoms with Crippen LogP contribution in [-0.4, -0.2) is 31.7 Å². The van der Waals surface area contributed by atoms with Gasteiger partial charge in [0.2, 0.25) is 0 Å². The largest absolute Gasteiger partial charge is 0.373 e. The van der Waals surface area contributed by atoms with E-state index in [-0.39, 0.29) is 0 Å². The zero-order chi connectivity index (χ0) is 11.1. The number of hydrogen-bond donors (Lipinski definition) is 1. The van der Waals surface area contributed by atoms with Crippen molar-refractivity contribution in [2.24, 2.45) is 5.92 Å². The number of pyridine rings is 1. The number of rotatable bonds is 6. The Morgan fingerprint density at radius 3 is 2.60 bits per heavy atom. The topological polar surface area (TPSA) is 28.2 Å². The summed E-state index contributed by atoms with van der Waals surface area (Å²) in [4.78, 5) is 6.24. The standard InChI is InChI=1S/C12H21N3/c1-11(2)10-14-8-9-15(3)12-4-6-13-7-5-12/h4-7,11,14H,8-10H2,1-3H3. The predicted molar refractivity (Wildman–Crippen MR) is 65.2 cm³/mol. The van der Waals surface area contributed by atoms with Crippen LogP contribution in [-0.2, 0) is 0 Å². The molecule has 15 heavy (non-hydrogen) atoms. The van der Waals surface area contributed by atoms with E-state index in [1.807, 2.05) is 24.5 Å². The smallest absolute Gasteiger partial charge is 0.0394 e. The summed E-state index contributed by atoms with van der Waals surface area (Å²) in [6.45, 7) is 7.58. The van der Waals surface area contributed by atoms with Crippen molar-refractivity contribution in [3.63, 3.8) is 0 Å². The maximum Gasteiger partial charge on any atom is 0.0394 e. The van der Waals surface area contributed by atoms with Gasteiger partial charge < -0.3 is 10.2 Å². The molecule has 0 amide bonds. The summed E-state index contributed by atoms with van der Waals surface area (Å²) in [5, 5.41) is 3.43. The highest BCUT2D eigenvalue weighted by Crippen LogP contribution is 2.08. The average Bonchev–Trinajstić information content (AvgIpc) is 2.25. The zero-order valence-corrected chi connectivity index (χ0v) is 9.90. The highest BCUT2D eigenvalue weighted by Gasteiger charge is 1.99. The van der Waals surface area contributed by atoms with Crippen LogP contribution in [0, 0.1) is 5.92 Å². The second-order valence-electron chi connectivity index (χ2n) is 4.22. The Morgan fingerprint density at radius 1 is 1.33 bits per heavy atom. The lowest BCUT2D eigenvalue weighted by Gasteiger charge is -2.19. The highest BCUT2D eigenvalue weighted by atomic mass is 15.1. The fraction of sp³-hybridized carbons (Fsp3) is 0.583. The Kier molecular flexibility index (Phi) is 5.12. The van der Waals surface area contributed by atoms with Gasteiger partial charge in [0.15, 0.2) is 0 Å². The molecule has 3 nitrogen and oxygen atoms in total. The molecule has 1 heterocycles. The first-order valence-corrected chi connectivity index (χ1v) is 5.52. The van der Waals surface area contributed by atoms with Crippen LogP contribution in [0.4, 0.5) is 5.69 Å². The Morgan fingerprint density at radius 2 is 2.00 bits per heavy atom. The van der Waals surface area contributed by atoms with Gasteiger partial charge in [0, 0.05) is 38.2 Å². The third-order valence-electron chi connectivity index (χ3n) is 2.28. The molecule has 0 spiro atoms. The lowest BCUT2D eigenvalue weighted by molar-refractivity contribution is 0.554. The van der Waals surface area contributed by atoms with E-state index in [1.165, 1.54) is 5.69 Å². The summed E-state index contributed by atoms with van der Waals surface area (Å²) >= 11 is 0. The minimum absolute atomic E-state index is 0.719. The second kappa shape index (κ2) is 6.40. The molecule has 0 aromatic carbocycles. The number of nitrogens with zero attached hydrogens (tertiary/aromatic N) is 2. The predicted octanol–water partition coefficient (Wildman–Crippen LogP) is 1.76. The first-order chi connectivity index (χ1) is 7.20. The maximum absolute atomic E-state index is 4.01. The van der Waals surface area contributed by atoms with Gasteiger partial charge in [-0.3, -0.25) is 4.98 Å². The van der Waals surface area contributed by atoms with E-state index in [9.17, 15) is 0 Å². The molecule has 1 rings (SSSR count). The van der Waals surface area contributed by atoms with Crippen molar-refractivity contribution in [3.8, 4) is 0 Å². The fourth-order valence-corrected chi connectivity index (χ4v) is 1.37. The molecular weight excluding hydrogens is 186 g/mol. The van der Waals surface area contributed by atoms with Gasteiger partial charge in [-0.15, -0.1) is 0 Å². The maximum atomic E-state index is 4.01. The van der Waals surface area contributed by atoms with Gasteiger partial charge in [-0.1, -0.05) is 13.8 Å². The molecule has 0 aliphatic rings. The van der Waals surface area contributed by atoms with Crippen LogP contribution in [0.1, 0.15) is 13.8 Å². The molecule has 0 fully saturated rings. The molecular formula is C12H21N3. The average molecular weight is 207 g/mol. The molecule has 0 atom stereocenters. The third kappa shape index (κ3) is 4.79. The normalized spacial score (nSPS) is 10.7. The lowest BCUT2D eigenvalue weighted by atomic mass is 10.2. The van der Waals surface area contributed by atoms with Gasteiger partial charge in [-0.25, -0.2) is 0 Å². The quantitative estimate of drug-likeness (QED) is 0.721. The van der Waals surface area contributed by atoms with Gasteiger partial charge in [0.25, 0.3) is 0 Å². The van der Waals surface area contributed by atoms with Gasteiger partial charge in [0.05, 0.1) is 0 Å². The van der Waals surface area contributed by atoms with E-state index in [2.05, 4.69) is 36.1 Å². The molecule has 3 heteroatoms. The van der Waals surface area contributed by atoms with Crippen LogP contribution < -0.4 is 10.2 Å². The third-order valence-corrected chi connectivity index (χ3v) is 2.28. The Labute approximate surface area is 92.5 Å². The fourth-order valence-electron chi connectivity index (χ4n) is 1.37. The number of anilines is 1. The molecule has 1 N–H and O–H groups in total. The lowest BCUT2D eigenvalue weighted by Crippen LogP contribution is -2.31. The minimum Gasteiger partial charge on any atom is -0.373 e. The second-order valence-corrected chi connectivity index (χ2v) is 4.22. The first-order valence-electron chi connectivity index (χ1n) is 5.52. The monoisotopic (exact) mass is 207 g/mol. The summed E-state index contributed by atoms with van der Waals surface area (Å²) in [5.74, 6) is 0.719. The summed E-state index contributed by atoms with van der Waals surface area (Å²) in [6, 6.07) is 4.06. The van der Waals surface area contributed by atoms with Crippen LogP contribution in [0.25, 0.3) is 0 Å². The van der Waals surface area contributed by atoms with E-state index in [1.54, 1.807) is 0 Å². The Bertz CT molecular complexity index is 259. The van der Waals surface area contributed by atoms with E-state index in [0.29, 0.717) is 0 Å². The molecule has 0 aliphatic carbocycles. The van der Waals surface area contributed by atoms with Gasteiger partial charge in [0.1, 0.15) is 0 Å². The van der Waals surface area contributed by atoms with Crippen molar-refractivity contribution in [1.82, 2.24) is 10.3 Å². The van der Waals surface area contributed by atoms with Crippen LogP contribution in [0.15, 0.2) is 24.5 Å². The van der Waals surface area contributed by atoms with Crippen LogP contribution in [0.5, 0.6) is 0 Å². The van der Waals surface area contributed by atoms with Crippen molar-refractivity contribution >= 4 is 5.69 Å². The summed E-state index contributed by atoms with van der Waals surface area (Å²) in [5.41, 5.74) is 1.22. The van der Waals surface area contributed by atoms with Gasteiger partial charge in [-0.05, 0) is 24.6 Å². The number of hydrogen-bond acceptors (Lipinski definition) is 3. The summed E-state index contributed by atoms with van der Waals surface area (Å²) in [6.07, 6.45) is 3.65. The molecule has 0 saturated carbocycles. The van der Waals surface area contributed by atoms with Crippen molar-refractivity contribution < 1.29 is 0 Å². The van der Waals surface area contributed by atoms with Gasteiger partial charge >= 0.3 is 0 Å². The molecule has 0 bridgehead atoms. The van der Waals surface area contributed by atoms with Crippen LogP contribution in [0.3, 0.4) is 0 Å². The molecule has 1 aromatic heterocycles. The molecule has 84 valence electrons. The first kappa shape index (κ1) is 12.0. The van der Waals surface area contributed by atoms with Crippen molar-refractivity contribution in [2.45, 2.75) is 13.8 Å². The van der Waals surface area contributed by atoms with Crippen LogP contribution in [0.2, 0.25) is 0 Å². The van der Waals surface area contributed by atoms with E-state index >= 15 is 0 Å². The van der Waals surface area contributed by atoms with Crippen molar-refractivity contribution in [1.29, 1.82) is 0 Å². The van der Waals surface area contributed by atoms with Gasteiger partial charge in [-0.2, -0.15) is 0 Å². The van der Waals surface area contributed by atoms with Crippen LogP contribution >= 0.6 is 0 Å². The number of nitrogens with one attached hydrogen (secondary N) is 1. The SMILES string of the molecule is CC(C)CNCCN(C)c1ccncc1. The Balaban J connectivity index is 2.22. The van der Waals surface area contributed by atoms with E-state index in [4.69, 9.17) is 0 Å². The minimum atomic E-state index is 0.719. The zero-order valence-electron chi connectivity index (χ0n) is 9.90. The molecule has 0 aliphatic heterocycles. The summed E-state index contributed by atoms with van der Waals surface area (Å²) in [7, 11) is 2.10. The van der Waals surface area contributed by atoms with E-state index in [0.717, 1.165) is 25.6 Å². The number of aromatic nitrogens is 1.